The molecule has 1 fully saturated rings. The zero-order chi connectivity index (χ0) is 14.7. The van der Waals surface area contributed by atoms with E-state index in [0.717, 1.165) is 25.3 Å². The molecule has 0 radical (unpaired) electrons. The first-order valence-electron chi connectivity index (χ1n) is 7.20. The number of piperazine rings is 1. The summed E-state index contributed by atoms with van der Waals surface area (Å²) >= 11 is 1.43. The lowest BCUT2D eigenvalue weighted by molar-refractivity contribution is -0.134. The quantitative estimate of drug-likeness (QED) is 0.916. The van der Waals surface area contributed by atoms with Gasteiger partial charge in [-0.05, 0) is 27.2 Å². The van der Waals surface area contributed by atoms with Crippen LogP contribution in [0.5, 0.6) is 0 Å². The van der Waals surface area contributed by atoms with Gasteiger partial charge >= 0.3 is 0 Å². The second kappa shape index (κ2) is 6.54. The van der Waals surface area contributed by atoms with Crippen molar-refractivity contribution in [1.29, 1.82) is 0 Å². The van der Waals surface area contributed by atoms with Crippen LogP contribution in [0.2, 0.25) is 0 Å². The number of aromatic nitrogens is 1. The molecule has 1 unspecified atom stereocenters. The molecule has 6 heteroatoms. The van der Waals surface area contributed by atoms with Crippen LogP contribution in [0.3, 0.4) is 0 Å². The molecule has 2 rings (SSSR count). The number of carbonyl (C=O) groups is 1. The summed E-state index contributed by atoms with van der Waals surface area (Å²) in [7, 11) is 0. The maximum atomic E-state index is 12.3. The molecule has 1 atom stereocenters. The van der Waals surface area contributed by atoms with Crippen LogP contribution < -0.4 is 5.73 Å². The van der Waals surface area contributed by atoms with Gasteiger partial charge in [0.05, 0.1) is 5.69 Å². The molecule has 0 spiro atoms. The van der Waals surface area contributed by atoms with Gasteiger partial charge in [0.15, 0.2) is 5.13 Å². The molecule has 1 aliphatic heterocycles. The molecule has 0 aromatic carbocycles. The fourth-order valence-electron chi connectivity index (χ4n) is 2.80. The second-order valence-corrected chi connectivity index (χ2v) is 6.59. The Morgan fingerprint density at radius 3 is 2.85 bits per heavy atom. The highest BCUT2D eigenvalue weighted by Crippen LogP contribution is 2.16. The van der Waals surface area contributed by atoms with E-state index in [1.165, 1.54) is 11.3 Å². The lowest BCUT2D eigenvalue weighted by atomic mass is 10.1. The average molecular weight is 296 g/mol. The van der Waals surface area contributed by atoms with Gasteiger partial charge in [-0.2, -0.15) is 0 Å². The standard InChI is InChI=1S/C14H24N4OS/c1-10(2)18-7-6-17(8-11(18)3)13(19)5-4-12-9-20-14(15)16-12/h9-11H,4-8H2,1-3H3,(H2,15,16). The first kappa shape index (κ1) is 15.3. The highest BCUT2D eigenvalue weighted by Gasteiger charge is 2.27. The third-order valence-electron chi connectivity index (χ3n) is 3.86. The molecule has 5 nitrogen and oxygen atoms in total. The van der Waals surface area contributed by atoms with E-state index in [0.29, 0.717) is 30.1 Å². The summed E-state index contributed by atoms with van der Waals surface area (Å²) in [4.78, 5) is 20.9. The number of anilines is 1. The SMILES string of the molecule is CC(C)N1CCN(C(=O)CCc2csc(N)n2)CC1C. The third-order valence-corrected chi connectivity index (χ3v) is 4.58. The number of carbonyl (C=O) groups excluding carboxylic acids is 1. The molecule has 0 bridgehead atoms. The molecule has 1 aromatic heterocycles. The van der Waals surface area contributed by atoms with Gasteiger partial charge in [-0.3, -0.25) is 9.69 Å². The molecule has 1 saturated heterocycles. The van der Waals surface area contributed by atoms with Crippen molar-refractivity contribution in [3.05, 3.63) is 11.1 Å². The van der Waals surface area contributed by atoms with E-state index in [1.807, 2.05) is 10.3 Å². The van der Waals surface area contributed by atoms with E-state index in [2.05, 4.69) is 30.7 Å². The number of thiazole rings is 1. The molecule has 2 heterocycles. The molecule has 0 aliphatic carbocycles. The van der Waals surface area contributed by atoms with Crippen molar-refractivity contribution in [2.45, 2.75) is 45.7 Å². The number of hydrogen-bond donors (Lipinski definition) is 1. The average Bonchev–Trinajstić information content (AvgIpc) is 2.81. The molecular weight excluding hydrogens is 272 g/mol. The summed E-state index contributed by atoms with van der Waals surface area (Å²) in [5.74, 6) is 0.229. The zero-order valence-electron chi connectivity index (χ0n) is 12.5. The fourth-order valence-corrected chi connectivity index (χ4v) is 3.39. The number of amides is 1. The van der Waals surface area contributed by atoms with E-state index >= 15 is 0 Å². The van der Waals surface area contributed by atoms with Crippen molar-refractivity contribution in [1.82, 2.24) is 14.8 Å². The number of rotatable bonds is 4. The number of nitrogens with zero attached hydrogens (tertiary/aromatic N) is 3. The number of nitrogens with two attached hydrogens (primary N) is 1. The minimum atomic E-state index is 0.229. The van der Waals surface area contributed by atoms with Crippen LogP contribution in [0.25, 0.3) is 0 Å². The highest BCUT2D eigenvalue weighted by atomic mass is 32.1. The van der Waals surface area contributed by atoms with E-state index in [-0.39, 0.29) is 5.91 Å². The summed E-state index contributed by atoms with van der Waals surface area (Å²) in [5.41, 5.74) is 6.52. The van der Waals surface area contributed by atoms with E-state index in [9.17, 15) is 4.79 Å². The van der Waals surface area contributed by atoms with E-state index in [4.69, 9.17) is 5.73 Å². The molecule has 1 aromatic rings. The largest absolute Gasteiger partial charge is 0.375 e. The predicted molar refractivity (Wildman–Crippen MR) is 82.7 cm³/mol. The van der Waals surface area contributed by atoms with Gasteiger partial charge in [0.25, 0.3) is 0 Å². The van der Waals surface area contributed by atoms with Gasteiger partial charge < -0.3 is 10.6 Å². The Hall–Kier alpha value is -1.14. The maximum Gasteiger partial charge on any atom is 0.223 e. The third kappa shape index (κ3) is 3.70. The van der Waals surface area contributed by atoms with Crippen molar-refractivity contribution in [3.8, 4) is 0 Å². The zero-order valence-corrected chi connectivity index (χ0v) is 13.3. The number of nitrogen functional groups attached to an aromatic ring is 1. The Balaban J connectivity index is 1.82. The molecule has 0 saturated carbocycles. The van der Waals surface area contributed by atoms with Crippen molar-refractivity contribution in [2.24, 2.45) is 0 Å². The van der Waals surface area contributed by atoms with Crippen LogP contribution in [-0.2, 0) is 11.2 Å². The lowest BCUT2D eigenvalue weighted by Gasteiger charge is -2.42. The van der Waals surface area contributed by atoms with Crippen molar-refractivity contribution in [3.63, 3.8) is 0 Å². The number of aryl methyl sites for hydroxylation is 1. The summed E-state index contributed by atoms with van der Waals surface area (Å²) in [5, 5.41) is 2.51. The molecule has 112 valence electrons. The molecular formula is C14H24N4OS. The lowest BCUT2D eigenvalue weighted by Crippen LogP contribution is -2.55. The van der Waals surface area contributed by atoms with Crippen LogP contribution in [0.1, 0.15) is 32.9 Å². The van der Waals surface area contributed by atoms with Crippen LogP contribution in [-0.4, -0.2) is 52.4 Å². The Labute approximate surface area is 124 Å². The summed E-state index contributed by atoms with van der Waals surface area (Å²) in [6, 6.07) is 0.975. The van der Waals surface area contributed by atoms with Crippen LogP contribution in [0.15, 0.2) is 5.38 Å². The van der Waals surface area contributed by atoms with Gasteiger partial charge in [-0.15, -0.1) is 11.3 Å². The smallest absolute Gasteiger partial charge is 0.223 e. The normalized spacial score (nSPS) is 20.6. The molecule has 1 amide bonds. The Morgan fingerprint density at radius 1 is 1.55 bits per heavy atom. The Bertz CT molecular complexity index is 460. The summed E-state index contributed by atoms with van der Waals surface area (Å²) in [6.45, 7) is 9.24. The Morgan fingerprint density at radius 2 is 2.30 bits per heavy atom. The second-order valence-electron chi connectivity index (χ2n) is 5.70. The first-order chi connectivity index (χ1) is 9.47. The van der Waals surface area contributed by atoms with Crippen LogP contribution in [0.4, 0.5) is 5.13 Å². The van der Waals surface area contributed by atoms with E-state index < -0.39 is 0 Å². The number of hydrogen-bond acceptors (Lipinski definition) is 5. The Kier molecular flexibility index (Phi) is 4.99. The summed E-state index contributed by atoms with van der Waals surface area (Å²) < 4.78 is 0. The first-order valence-corrected chi connectivity index (χ1v) is 8.08. The topological polar surface area (TPSA) is 62.5 Å². The highest BCUT2D eigenvalue weighted by molar-refractivity contribution is 7.13. The van der Waals surface area contributed by atoms with Gasteiger partial charge in [0.2, 0.25) is 5.91 Å². The van der Waals surface area contributed by atoms with Gasteiger partial charge in [-0.1, -0.05) is 0 Å². The molecule has 2 N–H and O–H groups in total. The molecule has 20 heavy (non-hydrogen) atoms. The van der Waals surface area contributed by atoms with Crippen LogP contribution >= 0.6 is 11.3 Å². The van der Waals surface area contributed by atoms with Crippen molar-refractivity contribution < 1.29 is 4.79 Å². The summed E-state index contributed by atoms with van der Waals surface area (Å²) in [6.07, 6.45) is 1.21. The monoisotopic (exact) mass is 296 g/mol. The maximum absolute atomic E-state index is 12.3. The van der Waals surface area contributed by atoms with Crippen molar-refractivity contribution >= 4 is 22.4 Å². The van der Waals surface area contributed by atoms with Gasteiger partial charge in [0, 0.05) is 43.5 Å². The fraction of sp³-hybridized carbons (Fsp3) is 0.714. The van der Waals surface area contributed by atoms with Crippen molar-refractivity contribution in [2.75, 3.05) is 25.4 Å². The van der Waals surface area contributed by atoms with Gasteiger partial charge in [0.1, 0.15) is 0 Å². The van der Waals surface area contributed by atoms with Gasteiger partial charge in [-0.25, -0.2) is 4.98 Å². The minimum absolute atomic E-state index is 0.229. The molecule has 1 aliphatic rings. The predicted octanol–water partition coefficient (Wildman–Crippen LogP) is 1.60. The minimum Gasteiger partial charge on any atom is -0.375 e. The van der Waals surface area contributed by atoms with E-state index in [1.54, 1.807) is 0 Å². The van der Waals surface area contributed by atoms with Crippen LogP contribution in [0, 0.1) is 0 Å².